The first-order valence-corrected chi connectivity index (χ1v) is 5.21. The molecule has 80 valence electrons. The van der Waals surface area contributed by atoms with Crippen LogP contribution in [0.5, 0.6) is 0 Å². The van der Waals surface area contributed by atoms with E-state index in [-0.39, 0.29) is 16.9 Å². The van der Waals surface area contributed by atoms with Crippen LogP contribution in [-0.4, -0.2) is 31.2 Å². The van der Waals surface area contributed by atoms with Gasteiger partial charge in [-0.1, -0.05) is 0 Å². The van der Waals surface area contributed by atoms with Crippen molar-refractivity contribution >= 4 is 5.91 Å². The molecule has 1 amide bonds. The minimum absolute atomic E-state index is 0.119. The number of nitrogens with two attached hydrogens (primary N) is 1. The van der Waals surface area contributed by atoms with Gasteiger partial charge in [0.1, 0.15) is 0 Å². The summed E-state index contributed by atoms with van der Waals surface area (Å²) in [5.41, 5.74) is 5.19. The summed E-state index contributed by atoms with van der Waals surface area (Å²) < 4.78 is 5.28. The Kier molecular flexibility index (Phi) is 2.27. The molecule has 0 aromatic rings. The van der Waals surface area contributed by atoms with Gasteiger partial charge in [-0.05, 0) is 26.2 Å². The number of hydrogen-bond donors (Lipinski definition) is 2. The number of nitrogens with one attached hydrogen (secondary N) is 1. The number of amides is 1. The zero-order chi connectivity index (χ0) is 10.2. The second kappa shape index (κ2) is 3.21. The summed E-state index contributed by atoms with van der Waals surface area (Å²) in [5, 5.41) is 3.06. The first kappa shape index (κ1) is 9.93. The van der Waals surface area contributed by atoms with E-state index in [0.717, 1.165) is 25.9 Å². The minimum Gasteiger partial charge on any atom is -0.379 e. The van der Waals surface area contributed by atoms with E-state index < -0.39 is 0 Å². The minimum atomic E-state index is -0.244. The van der Waals surface area contributed by atoms with E-state index >= 15 is 0 Å². The molecule has 4 nitrogen and oxygen atoms in total. The fourth-order valence-corrected chi connectivity index (χ4v) is 1.85. The highest BCUT2D eigenvalue weighted by Gasteiger charge is 2.50. The van der Waals surface area contributed by atoms with Crippen molar-refractivity contribution in [1.29, 1.82) is 0 Å². The van der Waals surface area contributed by atoms with Crippen LogP contribution in [0.2, 0.25) is 0 Å². The van der Waals surface area contributed by atoms with Crippen molar-refractivity contribution in [1.82, 2.24) is 5.32 Å². The normalized spacial score (nSPS) is 34.1. The molecule has 0 radical (unpaired) electrons. The fourth-order valence-electron chi connectivity index (χ4n) is 1.85. The van der Waals surface area contributed by atoms with E-state index in [1.54, 1.807) is 0 Å². The summed E-state index contributed by atoms with van der Waals surface area (Å²) in [6.45, 7) is 3.87. The molecule has 1 atom stereocenters. The Labute approximate surface area is 84.2 Å². The average Bonchev–Trinajstić information content (AvgIpc) is 2.85. The van der Waals surface area contributed by atoms with Crippen LogP contribution < -0.4 is 11.1 Å². The molecule has 14 heavy (non-hydrogen) atoms. The van der Waals surface area contributed by atoms with E-state index in [0.29, 0.717) is 13.2 Å². The van der Waals surface area contributed by atoms with Gasteiger partial charge in [-0.25, -0.2) is 0 Å². The lowest BCUT2D eigenvalue weighted by Crippen LogP contribution is -2.50. The van der Waals surface area contributed by atoms with Crippen molar-refractivity contribution in [3.8, 4) is 0 Å². The Morgan fingerprint density at radius 3 is 2.64 bits per heavy atom. The lowest BCUT2D eigenvalue weighted by atomic mass is 9.98. The van der Waals surface area contributed by atoms with Crippen LogP contribution in [0.15, 0.2) is 0 Å². The SMILES string of the molecule is CC1(NC(=O)C2(CN)CC2)CCOC1. The van der Waals surface area contributed by atoms with E-state index in [1.807, 2.05) is 6.92 Å². The van der Waals surface area contributed by atoms with Crippen LogP contribution in [0.1, 0.15) is 26.2 Å². The highest BCUT2D eigenvalue weighted by atomic mass is 16.5. The van der Waals surface area contributed by atoms with E-state index in [2.05, 4.69) is 5.32 Å². The largest absolute Gasteiger partial charge is 0.379 e. The predicted molar refractivity (Wildman–Crippen MR) is 52.7 cm³/mol. The van der Waals surface area contributed by atoms with Crippen LogP contribution in [0.4, 0.5) is 0 Å². The number of carbonyl (C=O) groups is 1. The predicted octanol–water partition coefficient (Wildman–Crippen LogP) is 0.0205. The van der Waals surface area contributed by atoms with E-state index in [9.17, 15) is 4.79 Å². The molecule has 1 saturated heterocycles. The van der Waals surface area contributed by atoms with Crippen LogP contribution in [0, 0.1) is 5.41 Å². The number of ether oxygens (including phenoxy) is 1. The Morgan fingerprint density at radius 2 is 2.21 bits per heavy atom. The Morgan fingerprint density at radius 1 is 1.50 bits per heavy atom. The Balaban J connectivity index is 1.94. The molecule has 0 spiro atoms. The Bertz CT molecular complexity index is 243. The maximum Gasteiger partial charge on any atom is 0.227 e. The molecular weight excluding hydrogens is 180 g/mol. The number of hydrogen-bond acceptors (Lipinski definition) is 3. The molecular formula is C10H18N2O2. The summed E-state index contributed by atoms with van der Waals surface area (Å²) in [6.07, 6.45) is 2.78. The van der Waals surface area contributed by atoms with Gasteiger partial charge in [0.15, 0.2) is 0 Å². The topological polar surface area (TPSA) is 64.4 Å². The maximum atomic E-state index is 11.9. The molecule has 2 aliphatic rings. The molecule has 2 fully saturated rings. The molecule has 1 aliphatic heterocycles. The fraction of sp³-hybridized carbons (Fsp3) is 0.900. The zero-order valence-electron chi connectivity index (χ0n) is 8.64. The summed E-state index contributed by atoms with van der Waals surface area (Å²) >= 11 is 0. The summed E-state index contributed by atoms with van der Waals surface area (Å²) in [5.74, 6) is 0.119. The second-order valence-electron chi connectivity index (χ2n) is 4.80. The van der Waals surface area contributed by atoms with Gasteiger partial charge in [-0.15, -0.1) is 0 Å². The standard InChI is InChI=1S/C10H18N2O2/c1-9(4-5-14-7-9)12-8(13)10(6-11)2-3-10/h2-7,11H2,1H3,(H,12,13). The molecule has 2 rings (SSSR count). The van der Waals surface area contributed by atoms with Gasteiger partial charge >= 0.3 is 0 Å². The lowest BCUT2D eigenvalue weighted by molar-refractivity contribution is -0.127. The van der Waals surface area contributed by atoms with Gasteiger partial charge in [0, 0.05) is 13.2 Å². The molecule has 0 bridgehead atoms. The van der Waals surface area contributed by atoms with Crippen LogP contribution >= 0.6 is 0 Å². The molecule has 0 aromatic carbocycles. The van der Waals surface area contributed by atoms with Crippen molar-refractivity contribution in [2.24, 2.45) is 11.1 Å². The van der Waals surface area contributed by atoms with E-state index in [1.165, 1.54) is 0 Å². The molecule has 3 N–H and O–H groups in total. The zero-order valence-corrected chi connectivity index (χ0v) is 8.64. The summed E-state index contributed by atoms with van der Waals surface area (Å²) in [7, 11) is 0. The van der Waals surface area contributed by atoms with E-state index in [4.69, 9.17) is 10.5 Å². The average molecular weight is 198 g/mol. The van der Waals surface area contributed by atoms with Gasteiger partial charge in [0.05, 0.1) is 17.6 Å². The van der Waals surface area contributed by atoms with Crippen molar-refractivity contribution < 1.29 is 9.53 Å². The number of rotatable bonds is 3. The molecule has 4 heteroatoms. The molecule has 1 heterocycles. The monoisotopic (exact) mass is 198 g/mol. The first-order valence-electron chi connectivity index (χ1n) is 5.21. The second-order valence-corrected chi connectivity index (χ2v) is 4.80. The van der Waals surface area contributed by atoms with Gasteiger partial charge in [-0.2, -0.15) is 0 Å². The first-order chi connectivity index (χ1) is 6.60. The third-order valence-corrected chi connectivity index (χ3v) is 3.36. The van der Waals surface area contributed by atoms with Crippen LogP contribution in [-0.2, 0) is 9.53 Å². The van der Waals surface area contributed by atoms with Crippen LogP contribution in [0.25, 0.3) is 0 Å². The van der Waals surface area contributed by atoms with Crippen LogP contribution in [0.3, 0.4) is 0 Å². The molecule has 1 aliphatic carbocycles. The van der Waals surface area contributed by atoms with Crippen molar-refractivity contribution in [3.63, 3.8) is 0 Å². The smallest absolute Gasteiger partial charge is 0.227 e. The third kappa shape index (κ3) is 1.64. The highest BCUT2D eigenvalue weighted by molar-refractivity contribution is 5.86. The molecule has 0 aromatic heterocycles. The number of carbonyl (C=O) groups excluding carboxylic acids is 1. The quantitative estimate of drug-likeness (QED) is 0.672. The van der Waals surface area contributed by atoms with Gasteiger partial charge < -0.3 is 15.8 Å². The molecule has 1 saturated carbocycles. The van der Waals surface area contributed by atoms with Crippen molar-refractivity contribution in [2.45, 2.75) is 31.7 Å². The van der Waals surface area contributed by atoms with Gasteiger partial charge in [0.25, 0.3) is 0 Å². The third-order valence-electron chi connectivity index (χ3n) is 3.36. The summed E-state index contributed by atoms with van der Waals surface area (Å²) in [4.78, 5) is 11.9. The lowest BCUT2D eigenvalue weighted by Gasteiger charge is -2.26. The van der Waals surface area contributed by atoms with Crippen molar-refractivity contribution in [3.05, 3.63) is 0 Å². The van der Waals surface area contributed by atoms with Gasteiger partial charge in [0.2, 0.25) is 5.91 Å². The summed E-state index contributed by atoms with van der Waals surface area (Å²) in [6, 6.07) is 0. The Hall–Kier alpha value is -0.610. The highest BCUT2D eigenvalue weighted by Crippen LogP contribution is 2.45. The maximum absolute atomic E-state index is 11.9. The van der Waals surface area contributed by atoms with Gasteiger partial charge in [-0.3, -0.25) is 4.79 Å². The van der Waals surface area contributed by atoms with Crippen molar-refractivity contribution in [2.75, 3.05) is 19.8 Å². The molecule has 1 unspecified atom stereocenters.